The molecule has 0 bridgehead atoms. The fourth-order valence-corrected chi connectivity index (χ4v) is 2.61. The highest BCUT2D eigenvalue weighted by molar-refractivity contribution is 6.04. The van der Waals surface area contributed by atoms with Gasteiger partial charge in [0.15, 0.2) is 0 Å². The summed E-state index contributed by atoms with van der Waals surface area (Å²) in [6.45, 7) is 4.87. The van der Waals surface area contributed by atoms with Crippen molar-refractivity contribution in [3.63, 3.8) is 0 Å². The van der Waals surface area contributed by atoms with E-state index in [1.54, 1.807) is 0 Å². The van der Waals surface area contributed by atoms with Crippen molar-refractivity contribution in [2.24, 2.45) is 0 Å². The minimum atomic E-state index is -0.0968. The molecule has 3 aromatic rings. The van der Waals surface area contributed by atoms with Gasteiger partial charge < -0.3 is 10.6 Å². The summed E-state index contributed by atoms with van der Waals surface area (Å²) >= 11 is 0. The van der Waals surface area contributed by atoms with Crippen molar-refractivity contribution in [2.45, 2.75) is 20.4 Å². The van der Waals surface area contributed by atoms with Crippen LogP contribution in [0, 0.1) is 13.8 Å². The monoisotopic (exact) mass is 330 g/mol. The molecule has 0 aliphatic heterocycles. The Labute approximate surface area is 148 Å². The Bertz CT molecular complexity index is 852. The highest BCUT2D eigenvalue weighted by atomic mass is 16.1. The lowest BCUT2D eigenvalue weighted by atomic mass is 10.1. The van der Waals surface area contributed by atoms with Gasteiger partial charge in [-0.05, 0) is 55.8 Å². The quantitative estimate of drug-likeness (QED) is 0.678. The van der Waals surface area contributed by atoms with Crippen molar-refractivity contribution < 1.29 is 4.79 Å². The van der Waals surface area contributed by atoms with Crippen LogP contribution in [0.25, 0.3) is 0 Å². The fraction of sp³-hybridized carbons (Fsp3) is 0.136. The molecular weight excluding hydrogens is 308 g/mol. The molecule has 2 N–H and O–H groups in total. The van der Waals surface area contributed by atoms with Crippen LogP contribution in [0.3, 0.4) is 0 Å². The predicted molar refractivity (Wildman–Crippen MR) is 104 cm³/mol. The molecule has 0 unspecified atom stereocenters. The maximum Gasteiger partial charge on any atom is 0.255 e. The number of hydrogen-bond acceptors (Lipinski definition) is 2. The van der Waals surface area contributed by atoms with Crippen molar-refractivity contribution >= 4 is 17.3 Å². The molecule has 0 spiro atoms. The highest BCUT2D eigenvalue weighted by Gasteiger charge is 2.05. The Balaban J connectivity index is 1.58. The Hall–Kier alpha value is -3.07. The number of anilines is 2. The lowest BCUT2D eigenvalue weighted by molar-refractivity contribution is 0.102. The van der Waals surface area contributed by atoms with E-state index in [0.29, 0.717) is 5.56 Å². The largest absolute Gasteiger partial charge is 0.381 e. The number of benzene rings is 3. The first-order valence-corrected chi connectivity index (χ1v) is 8.38. The zero-order valence-electron chi connectivity index (χ0n) is 14.5. The number of aryl methyl sites for hydroxylation is 2. The summed E-state index contributed by atoms with van der Waals surface area (Å²) in [7, 11) is 0. The van der Waals surface area contributed by atoms with Crippen LogP contribution < -0.4 is 10.6 Å². The van der Waals surface area contributed by atoms with Crippen LogP contribution in [0.15, 0.2) is 72.8 Å². The average molecular weight is 330 g/mol. The summed E-state index contributed by atoms with van der Waals surface area (Å²) in [4.78, 5) is 12.2. The Morgan fingerprint density at radius 3 is 2.16 bits per heavy atom. The lowest BCUT2D eigenvalue weighted by Crippen LogP contribution is -2.11. The van der Waals surface area contributed by atoms with E-state index >= 15 is 0 Å². The van der Waals surface area contributed by atoms with Gasteiger partial charge in [0.25, 0.3) is 5.91 Å². The molecule has 3 nitrogen and oxygen atoms in total. The van der Waals surface area contributed by atoms with Gasteiger partial charge in [-0.15, -0.1) is 0 Å². The Morgan fingerprint density at radius 1 is 0.800 bits per heavy atom. The molecule has 0 fully saturated rings. The summed E-state index contributed by atoms with van der Waals surface area (Å²) in [5.41, 5.74) is 6.11. The third-order valence-corrected chi connectivity index (χ3v) is 4.04. The van der Waals surface area contributed by atoms with Gasteiger partial charge in [0, 0.05) is 23.5 Å². The molecule has 126 valence electrons. The first-order chi connectivity index (χ1) is 12.1. The van der Waals surface area contributed by atoms with E-state index in [9.17, 15) is 4.79 Å². The number of rotatable bonds is 5. The van der Waals surface area contributed by atoms with Gasteiger partial charge >= 0.3 is 0 Å². The molecule has 0 aliphatic rings. The lowest BCUT2D eigenvalue weighted by Gasteiger charge is -2.09. The number of nitrogens with one attached hydrogen (secondary N) is 2. The Kier molecular flexibility index (Phi) is 5.14. The van der Waals surface area contributed by atoms with Crippen molar-refractivity contribution in [2.75, 3.05) is 10.6 Å². The van der Waals surface area contributed by atoms with E-state index < -0.39 is 0 Å². The van der Waals surface area contributed by atoms with Crippen LogP contribution in [0.5, 0.6) is 0 Å². The number of carbonyl (C=O) groups is 1. The molecule has 0 radical (unpaired) electrons. The molecule has 0 atom stereocenters. The van der Waals surface area contributed by atoms with Crippen LogP contribution >= 0.6 is 0 Å². The maximum atomic E-state index is 12.2. The van der Waals surface area contributed by atoms with E-state index in [-0.39, 0.29) is 5.91 Å². The average Bonchev–Trinajstić information content (AvgIpc) is 2.62. The normalized spacial score (nSPS) is 10.3. The van der Waals surface area contributed by atoms with Crippen molar-refractivity contribution in [1.29, 1.82) is 0 Å². The second-order valence-electron chi connectivity index (χ2n) is 6.24. The first-order valence-electron chi connectivity index (χ1n) is 8.38. The number of amides is 1. The molecule has 0 saturated carbocycles. The standard InChI is InChI=1S/C22H22N2O/c1-16-6-8-19(9-7-16)22(25)24-21-12-10-20(11-13-21)23-15-18-5-3-4-17(2)14-18/h3-14,23H,15H2,1-2H3,(H,24,25). The summed E-state index contributed by atoms with van der Waals surface area (Å²) in [6, 6.07) is 23.7. The second kappa shape index (κ2) is 7.67. The molecule has 0 aromatic heterocycles. The molecule has 3 heteroatoms. The molecule has 0 saturated heterocycles. The van der Waals surface area contributed by atoms with Gasteiger partial charge in [-0.1, -0.05) is 47.5 Å². The summed E-state index contributed by atoms with van der Waals surface area (Å²) in [5.74, 6) is -0.0968. The van der Waals surface area contributed by atoms with E-state index in [2.05, 4.69) is 41.8 Å². The van der Waals surface area contributed by atoms with E-state index in [1.165, 1.54) is 11.1 Å². The van der Waals surface area contributed by atoms with Gasteiger partial charge in [0.2, 0.25) is 0 Å². The molecule has 0 aliphatic carbocycles. The molecule has 3 aromatic carbocycles. The maximum absolute atomic E-state index is 12.2. The molecule has 3 rings (SSSR count). The summed E-state index contributed by atoms with van der Waals surface area (Å²) in [5, 5.41) is 6.31. The highest BCUT2D eigenvalue weighted by Crippen LogP contribution is 2.16. The summed E-state index contributed by atoms with van der Waals surface area (Å²) < 4.78 is 0. The SMILES string of the molecule is Cc1ccc(C(=O)Nc2ccc(NCc3cccc(C)c3)cc2)cc1. The van der Waals surface area contributed by atoms with Crippen molar-refractivity contribution in [3.8, 4) is 0 Å². The molecular formula is C22H22N2O. The first kappa shape index (κ1) is 16.8. The van der Waals surface area contributed by atoms with Gasteiger partial charge in [0.05, 0.1) is 0 Å². The van der Waals surface area contributed by atoms with Crippen molar-refractivity contribution in [1.82, 2.24) is 0 Å². The topological polar surface area (TPSA) is 41.1 Å². The smallest absolute Gasteiger partial charge is 0.255 e. The minimum Gasteiger partial charge on any atom is -0.381 e. The van der Waals surface area contributed by atoms with Crippen molar-refractivity contribution in [3.05, 3.63) is 95.1 Å². The van der Waals surface area contributed by atoms with Crippen LogP contribution in [0.1, 0.15) is 27.0 Å². The predicted octanol–water partition coefficient (Wildman–Crippen LogP) is 5.17. The van der Waals surface area contributed by atoms with E-state index in [1.807, 2.05) is 55.5 Å². The van der Waals surface area contributed by atoms with Gasteiger partial charge in [0.1, 0.15) is 0 Å². The van der Waals surface area contributed by atoms with Crippen LogP contribution in [0.2, 0.25) is 0 Å². The molecule has 25 heavy (non-hydrogen) atoms. The second-order valence-corrected chi connectivity index (χ2v) is 6.24. The van der Waals surface area contributed by atoms with E-state index in [0.717, 1.165) is 23.5 Å². The third-order valence-electron chi connectivity index (χ3n) is 4.04. The molecule has 0 heterocycles. The van der Waals surface area contributed by atoms with Gasteiger partial charge in [-0.25, -0.2) is 0 Å². The fourth-order valence-electron chi connectivity index (χ4n) is 2.61. The summed E-state index contributed by atoms with van der Waals surface area (Å²) in [6.07, 6.45) is 0. The van der Waals surface area contributed by atoms with E-state index in [4.69, 9.17) is 0 Å². The van der Waals surface area contributed by atoms with Crippen LogP contribution in [-0.2, 0) is 6.54 Å². The Morgan fingerprint density at radius 2 is 1.48 bits per heavy atom. The van der Waals surface area contributed by atoms with Gasteiger partial charge in [-0.3, -0.25) is 4.79 Å². The zero-order valence-corrected chi connectivity index (χ0v) is 14.5. The third kappa shape index (κ3) is 4.70. The number of hydrogen-bond donors (Lipinski definition) is 2. The number of carbonyl (C=O) groups excluding carboxylic acids is 1. The van der Waals surface area contributed by atoms with Crippen LogP contribution in [0.4, 0.5) is 11.4 Å². The minimum absolute atomic E-state index is 0.0968. The zero-order chi connectivity index (χ0) is 17.6. The van der Waals surface area contributed by atoms with Gasteiger partial charge in [-0.2, -0.15) is 0 Å². The van der Waals surface area contributed by atoms with Crippen LogP contribution in [-0.4, -0.2) is 5.91 Å². The molecule has 1 amide bonds.